The predicted molar refractivity (Wildman–Crippen MR) is 57.4 cm³/mol. The first-order valence-electron chi connectivity index (χ1n) is 5.29. The molecule has 1 aromatic carbocycles. The van der Waals surface area contributed by atoms with Crippen LogP contribution >= 0.6 is 0 Å². The number of hydrogen-bond acceptors (Lipinski definition) is 5. The Morgan fingerprint density at radius 3 is 2.76 bits per heavy atom. The lowest BCUT2D eigenvalue weighted by molar-refractivity contribution is -0.161. The summed E-state index contributed by atoms with van der Waals surface area (Å²) >= 11 is 0. The lowest BCUT2D eigenvalue weighted by Crippen LogP contribution is -2.26. The van der Waals surface area contributed by atoms with Crippen molar-refractivity contribution in [3.8, 4) is 5.75 Å². The van der Waals surface area contributed by atoms with Crippen molar-refractivity contribution in [1.29, 1.82) is 0 Å². The molecule has 0 amide bonds. The molecule has 0 N–H and O–H groups in total. The fraction of sp³-hybridized carbons (Fsp3) is 0.333. The maximum atomic E-state index is 11.4. The molecule has 1 atom stereocenters. The Labute approximate surface area is 98.3 Å². The van der Waals surface area contributed by atoms with Crippen molar-refractivity contribution in [2.24, 2.45) is 0 Å². The van der Waals surface area contributed by atoms with Gasteiger partial charge in [0, 0.05) is 6.42 Å². The van der Waals surface area contributed by atoms with Gasteiger partial charge in [-0.1, -0.05) is 18.2 Å². The van der Waals surface area contributed by atoms with Crippen LogP contribution in [-0.4, -0.2) is 31.3 Å². The maximum Gasteiger partial charge on any atom is 0.347 e. The van der Waals surface area contributed by atoms with E-state index in [1.807, 2.05) is 6.07 Å². The molecule has 0 aromatic heterocycles. The summed E-state index contributed by atoms with van der Waals surface area (Å²) in [6, 6.07) is 8.91. The zero-order valence-electron chi connectivity index (χ0n) is 9.13. The molecule has 2 rings (SSSR count). The van der Waals surface area contributed by atoms with E-state index in [-0.39, 0.29) is 6.61 Å². The Morgan fingerprint density at radius 2 is 2.12 bits per heavy atom. The molecule has 0 aliphatic carbocycles. The van der Waals surface area contributed by atoms with Crippen molar-refractivity contribution in [3.05, 3.63) is 30.3 Å². The monoisotopic (exact) mass is 236 g/mol. The quantitative estimate of drug-likeness (QED) is 0.727. The second-order valence-electron chi connectivity index (χ2n) is 3.54. The van der Waals surface area contributed by atoms with Gasteiger partial charge in [-0.25, -0.2) is 9.59 Å². The molecule has 90 valence electrons. The van der Waals surface area contributed by atoms with Crippen LogP contribution in [0, 0.1) is 0 Å². The summed E-state index contributed by atoms with van der Waals surface area (Å²) in [6.07, 6.45) is -0.363. The number of para-hydroxylation sites is 1. The van der Waals surface area contributed by atoms with E-state index < -0.39 is 18.0 Å². The van der Waals surface area contributed by atoms with Gasteiger partial charge < -0.3 is 14.2 Å². The number of hydrogen-bond donors (Lipinski definition) is 0. The van der Waals surface area contributed by atoms with E-state index in [1.165, 1.54) is 0 Å². The second kappa shape index (κ2) is 5.34. The second-order valence-corrected chi connectivity index (χ2v) is 3.54. The number of carbonyl (C=O) groups is 2. The number of rotatable bonds is 4. The predicted octanol–water partition coefficient (Wildman–Crippen LogP) is 0.924. The Kier molecular flexibility index (Phi) is 3.59. The topological polar surface area (TPSA) is 61.8 Å². The van der Waals surface area contributed by atoms with E-state index in [9.17, 15) is 9.59 Å². The van der Waals surface area contributed by atoms with Gasteiger partial charge in [-0.2, -0.15) is 0 Å². The molecule has 1 heterocycles. The van der Waals surface area contributed by atoms with Gasteiger partial charge in [-0.05, 0) is 12.1 Å². The fourth-order valence-corrected chi connectivity index (χ4v) is 1.44. The number of benzene rings is 1. The molecule has 5 nitrogen and oxygen atoms in total. The third kappa shape index (κ3) is 3.21. The molecule has 1 saturated heterocycles. The van der Waals surface area contributed by atoms with Crippen molar-refractivity contribution in [1.82, 2.24) is 0 Å². The number of ether oxygens (including phenoxy) is 3. The van der Waals surface area contributed by atoms with Crippen LogP contribution in [0.3, 0.4) is 0 Å². The SMILES string of the molecule is O=C(COc1ccccc1)O[C@H]1CCOC1=O. The first kappa shape index (κ1) is 11.4. The molecule has 1 fully saturated rings. The molecule has 1 aliphatic rings. The molecule has 0 bridgehead atoms. The molecular weight excluding hydrogens is 224 g/mol. The summed E-state index contributed by atoms with van der Waals surface area (Å²) in [5.41, 5.74) is 0. The van der Waals surface area contributed by atoms with E-state index in [0.29, 0.717) is 18.8 Å². The largest absolute Gasteiger partial charge is 0.482 e. The zero-order chi connectivity index (χ0) is 12.1. The Hall–Kier alpha value is -2.04. The van der Waals surface area contributed by atoms with Crippen LogP contribution in [0.1, 0.15) is 6.42 Å². The van der Waals surface area contributed by atoms with Gasteiger partial charge in [0.25, 0.3) is 0 Å². The average molecular weight is 236 g/mol. The third-order valence-corrected chi connectivity index (χ3v) is 2.26. The molecule has 0 spiro atoms. The Morgan fingerprint density at radius 1 is 1.35 bits per heavy atom. The van der Waals surface area contributed by atoms with Crippen molar-refractivity contribution < 1.29 is 23.8 Å². The van der Waals surface area contributed by atoms with E-state index >= 15 is 0 Å². The van der Waals surface area contributed by atoms with Gasteiger partial charge in [-0.15, -0.1) is 0 Å². The standard InChI is InChI=1S/C12H12O5/c13-11(17-10-6-7-15-12(10)14)8-16-9-4-2-1-3-5-9/h1-5,10H,6-8H2/t10-/m0/s1. The van der Waals surface area contributed by atoms with Crippen LogP contribution < -0.4 is 4.74 Å². The van der Waals surface area contributed by atoms with Gasteiger partial charge in [-0.3, -0.25) is 0 Å². The first-order chi connectivity index (χ1) is 8.25. The van der Waals surface area contributed by atoms with E-state index in [2.05, 4.69) is 4.74 Å². The van der Waals surface area contributed by atoms with Crippen molar-refractivity contribution >= 4 is 11.9 Å². The van der Waals surface area contributed by atoms with Gasteiger partial charge in [0.1, 0.15) is 5.75 Å². The summed E-state index contributed by atoms with van der Waals surface area (Å²) in [6.45, 7) is 0.0874. The van der Waals surface area contributed by atoms with Gasteiger partial charge in [0.15, 0.2) is 6.61 Å². The molecule has 17 heavy (non-hydrogen) atoms. The number of carbonyl (C=O) groups excluding carboxylic acids is 2. The first-order valence-corrected chi connectivity index (χ1v) is 5.29. The highest BCUT2D eigenvalue weighted by Crippen LogP contribution is 2.11. The minimum atomic E-state index is -0.776. The molecule has 1 aromatic rings. The van der Waals surface area contributed by atoms with Crippen molar-refractivity contribution in [3.63, 3.8) is 0 Å². The lowest BCUT2D eigenvalue weighted by atomic mass is 10.3. The molecule has 0 unspecified atom stereocenters. The zero-order valence-corrected chi connectivity index (χ0v) is 9.13. The Bertz CT molecular complexity index is 401. The van der Waals surface area contributed by atoms with E-state index in [4.69, 9.17) is 9.47 Å². The smallest absolute Gasteiger partial charge is 0.347 e. The number of cyclic esters (lactones) is 1. The van der Waals surface area contributed by atoms with Gasteiger partial charge in [0.05, 0.1) is 6.61 Å². The number of esters is 2. The van der Waals surface area contributed by atoms with E-state index in [1.54, 1.807) is 24.3 Å². The molecule has 1 aliphatic heterocycles. The summed E-state index contributed by atoms with van der Waals surface area (Å²) in [5.74, 6) is -0.478. The fourth-order valence-electron chi connectivity index (χ4n) is 1.44. The van der Waals surface area contributed by atoms with Crippen LogP contribution in [0.25, 0.3) is 0 Å². The maximum absolute atomic E-state index is 11.4. The lowest BCUT2D eigenvalue weighted by Gasteiger charge is -2.09. The van der Waals surface area contributed by atoms with Crippen LogP contribution in [0.15, 0.2) is 30.3 Å². The molecular formula is C12H12O5. The molecule has 0 saturated carbocycles. The minimum absolute atomic E-state index is 0.214. The van der Waals surface area contributed by atoms with Gasteiger partial charge >= 0.3 is 11.9 Å². The van der Waals surface area contributed by atoms with Gasteiger partial charge in [0.2, 0.25) is 6.10 Å². The average Bonchev–Trinajstić information content (AvgIpc) is 2.74. The summed E-state index contributed by atoms with van der Waals surface area (Å²) in [4.78, 5) is 22.4. The molecule has 5 heteroatoms. The van der Waals surface area contributed by atoms with Crippen molar-refractivity contribution in [2.75, 3.05) is 13.2 Å². The summed E-state index contributed by atoms with van der Waals surface area (Å²) < 4.78 is 14.8. The minimum Gasteiger partial charge on any atom is -0.482 e. The summed E-state index contributed by atoms with van der Waals surface area (Å²) in [7, 11) is 0. The Balaban J connectivity index is 1.76. The highest BCUT2D eigenvalue weighted by molar-refractivity contribution is 5.81. The molecule has 0 radical (unpaired) electrons. The summed E-state index contributed by atoms with van der Waals surface area (Å²) in [5, 5.41) is 0. The normalized spacial score (nSPS) is 18.6. The van der Waals surface area contributed by atoms with Crippen LogP contribution in [0.5, 0.6) is 5.75 Å². The highest BCUT2D eigenvalue weighted by atomic mass is 16.6. The van der Waals surface area contributed by atoms with Crippen LogP contribution in [0.2, 0.25) is 0 Å². The van der Waals surface area contributed by atoms with E-state index in [0.717, 1.165) is 0 Å². The van der Waals surface area contributed by atoms with Crippen LogP contribution in [-0.2, 0) is 19.1 Å². The van der Waals surface area contributed by atoms with Crippen molar-refractivity contribution in [2.45, 2.75) is 12.5 Å². The highest BCUT2D eigenvalue weighted by Gasteiger charge is 2.30. The van der Waals surface area contributed by atoms with Crippen LogP contribution in [0.4, 0.5) is 0 Å². The third-order valence-electron chi connectivity index (χ3n) is 2.26.